The van der Waals surface area contributed by atoms with Crippen molar-refractivity contribution < 1.29 is 9.84 Å². The zero-order chi connectivity index (χ0) is 14.5. The Morgan fingerprint density at radius 2 is 2.10 bits per heavy atom. The second-order valence-corrected chi connectivity index (χ2v) is 5.92. The molecular formula is C16H21NO2S. The zero-order valence-electron chi connectivity index (χ0n) is 11.9. The van der Waals surface area contributed by atoms with E-state index in [-0.39, 0.29) is 5.92 Å². The molecule has 0 saturated heterocycles. The minimum Gasteiger partial charge on any atom is -0.497 e. The Balaban J connectivity index is 2.26. The van der Waals surface area contributed by atoms with E-state index in [0.717, 1.165) is 22.6 Å². The van der Waals surface area contributed by atoms with Crippen LogP contribution >= 0.6 is 11.3 Å². The molecule has 0 radical (unpaired) electrons. The van der Waals surface area contributed by atoms with E-state index in [1.54, 1.807) is 18.4 Å². The van der Waals surface area contributed by atoms with Gasteiger partial charge in [-0.2, -0.15) is 0 Å². The van der Waals surface area contributed by atoms with Crippen LogP contribution in [0.2, 0.25) is 0 Å². The molecule has 0 aliphatic heterocycles. The van der Waals surface area contributed by atoms with Crippen LogP contribution in [0.4, 0.5) is 0 Å². The van der Waals surface area contributed by atoms with Gasteiger partial charge in [0.05, 0.1) is 13.2 Å². The molecule has 0 aliphatic rings. The van der Waals surface area contributed by atoms with Gasteiger partial charge in [0.1, 0.15) is 5.75 Å². The topological polar surface area (TPSA) is 55.5 Å². The molecule has 3 nitrogen and oxygen atoms in total. The summed E-state index contributed by atoms with van der Waals surface area (Å²) in [6.07, 6.45) is 0.418. The van der Waals surface area contributed by atoms with Crippen LogP contribution < -0.4 is 10.5 Å². The maximum Gasteiger partial charge on any atom is 0.119 e. The zero-order valence-corrected chi connectivity index (χ0v) is 12.7. The van der Waals surface area contributed by atoms with Crippen molar-refractivity contribution in [3.8, 4) is 5.75 Å². The highest BCUT2D eigenvalue weighted by atomic mass is 32.1. The Kier molecular flexibility index (Phi) is 5.17. The van der Waals surface area contributed by atoms with Crippen LogP contribution in [0.3, 0.4) is 0 Å². The molecule has 0 fully saturated rings. The maximum atomic E-state index is 10.6. The number of ether oxygens (including phenoxy) is 1. The molecule has 20 heavy (non-hydrogen) atoms. The lowest BCUT2D eigenvalue weighted by molar-refractivity contribution is 0.151. The molecule has 2 unspecified atom stereocenters. The van der Waals surface area contributed by atoms with Crippen LogP contribution in [-0.2, 0) is 6.42 Å². The van der Waals surface area contributed by atoms with Crippen LogP contribution in [0.5, 0.6) is 5.75 Å². The molecule has 1 aromatic heterocycles. The number of aryl methyl sites for hydroxylation is 1. The van der Waals surface area contributed by atoms with E-state index >= 15 is 0 Å². The third-order valence-electron chi connectivity index (χ3n) is 3.48. The Morgan fingerprint density at radius 3 is 2.70 bits per heavy atom. The first-order valence-corrected chi connectivity index (χ1v) is 7.62. The molecule has 108 valence electrons. The smallest absolute Gasteiger partial charge is 0.119 e. The summed E-state index contributed by atoms with van der Waals surface area (Å²) in [7, 11) is 1.64. The fraction of sp³-hybridized carbons (Fsp3) is 0.375. The van der Waals surface area contributed by atoms with E-state index in [4.69, 9.17) is 10.5 Å². The predicted molar refractivity (Wildman–Crippen MR) is 83.4 cm³/mol. The number of aliphatic hydroxyl groups is 1. The summed E-state index contributed by atoms with van der Waals surface area (Å²) in [5, 5.41) is 10.6. The monoisotopic (exact) mass is 291 g/mol. The molecule has 1 heterocycles. The van der Waals surface area contributed by atoms with Gasteiger partial charge in [-0.3, -0.25) is 0 Å². The van der Waals surface area contributed by atoms with Gasteiger partial charge in [0.15, 0.2) is 0 Å². The molecule has 3 N–H and O–H groups in total. The summed E-state index contributed by atoms with van der Waals surface area (Å²) in [4.78, 5) is 2.25. The average Bonchev–Trinajstić information content (AvgIpc) is 2.97. The van der Waals surface area contributed by atoms with Gasteiger partial charge >= 0.3 is 0 Å². The molecule has 2 atom stereocenters. The van der Waals surface area contributed by atoms with Gasteiger partial charge in [0, 0.05) is 22.2 Å². The number of aliphatic hydroxyl groups excluding tert-OH is 1. The molecule has 0 amide bonds. The van der Waals surface area contributed by atoms with Crippen LogP contribution in [0.1, 0.15) is 34.3 Å². The lowest BCUT2D eigenvalue weighted by Crippen LogP contribution is -2.19. The second-order valence-electron chi connectivity index (χ2n) is 4.72. The lowest BCUT2D eigenvalue weighted by atomic mass is 9.92. The van der Waals surface area contributed by atoms with E-state index in [9.17, 15) is 5.11 Å². The largest absolute Gasteiger partial charge is 0.497 e. The molecule has 1 aromatic carbocycles. The predicted octanol–water partition coefficient (Wildman–Crippen LogP) is 3.10. The molecule has 0 aliphatic carbocycles. The summed E-state index contributed by atoms with van der Waals surface area (Å²) in [6.45, 7) is 2.51. The number of hydrogen-bond acceptors (Lipinski definition) is 4. The van der Waals surface area contributed by atoms with E-state index in [1.165, 1.54) is 4.88 Å². The van der Waals surface area contributed by atoms with Crippen molar-refractivity contribution in [3.63, 3.8) is 0 Å². The molecule has 0 bridgehead atoms. The molecule has 4 heteroatoms. The van der Waals surface area contributed by atoms with Crippen molar-refractivity contribution in [1.82, 2.24) is 0 Å². The number of rotatable bonds is 6. The molecular weight excluding hydrogens is 270 g/mol. The Labute approximate surface area is 124 Å². The third kappa shape index (κ3) is 3.20. The minimum atomic E-state index is -0.572. The first-order chi connectivity index (χ1) is 9.69. The highest BCUT2D eigenvalue weighted by Crippen LogP contribution is 2.35. The first-order valence-electron chi connectivity index (χ1n) is 6.80. The van der Waals surface area contributed by atoms with Gasteiger partial charge in [-0.15, -0.1) is 11.3 Å². The highest BCUT2D eigenvalue weighted by molar-refractivity contribution is 7.12. The minimum absolute atomic E-state index is 0.117. The summed E-state index contributed by atoms with van der Waals surface area (Å²) < 4.78 is 5.24. The van der Waals surface area contributed by atoms with E-state index < -0.39 is 6.10 Å². The molecule has 0 spiro atoms. The van der Waals surface area contributed by atoms with Crippen molar-refractivity contribution in [2.75, 3.05) is 13.7 Å². The summed E-state index contributed by atoms with van der Waals surface area (Å²) in [5.74, 6) is 0.669. The average molecular weight is 291 g/mol. The number of thiophene rings is 1. The summed E-state index contributed by atoms with van der Waals surface area (Å²) in [5.41, 5.74) is 6.88. The highest BCUT2D eigenvalue weighted by Gasteiger charge is 2.23. The van der Waals surface area contributed by atoms with E-state index in [2.05, 4.69) is 13.0 Å². The first kappa shape index (κ1) is 15.0. The SMILES string of the molecule is CCc1ccc(C(O)C(CN)c2cccc(OC)c2)s1. The number of nitrogens with two attached hydrogens (primary N) is 1. The lowest BCUT2D eigenvalue weighted by Gasteiger charge is -2.21. The molecule has 0 saturated carbocycles. The fourth-order valence-corrected chi connectivity index (χ4v) is 3.27. The molecule has 2 aromatic rings. The van der Waals surface area contributed by atoms with Crippen LogP contribution in [0.15, 0.2) is 36.4 Å². The van der Waals surface area contributed by atoms with Crippen molar-refractivity contribution in [2.45, 2.75) is 25.4 Å². The van der Waals surface area contributed by atoms with E-state index in [0.29, 0.717) is 6.54 Å². The van der Waals surface area contributed by atoms with E-state index in [1.807, 2.05) is 30.3 Å². The molecule has 2 rings (SSSR count). The fourth-order valence-electron chi connectivity index (χ4n) is 2.26. The number of benzene rings is 1. The standard InChI is InChI=1S/C16H21NO2S/c1-3-13-7-8-15(20-13)16(18)14(10-17)11-5-4-6-12(9-11)19-2/h4-9,14,16,18H,3,10,17H2,1-2H3. The maximum absolute atomic E-state index is 10.6. The van der Waals surface area contributed by atoms with Crippen molar-refractivity contribution in [3.05, 3.63) is 51.7 Å². The van der Waals surface area contributed by atoms with Crippen molar-refractivity contribution >= 4 is 11.3 Å². The second kappa shape index (κ2) is 6.88. The Morgan fingerprint density at radius 1 is 1.30 bits per heavy atom. The quantitative estimate of drug-likeness (QED) is 0.860. The van der Waals surface area contributed by atoms with Crippen molar-refractivity contribution in [1.29, 1.82) is 0 Å². The van der Waals surface area contributed by atoms with Gasteiger partial charge in [-0.05, 0) is 36.2 Å². The van der Waals surface area contributed by atoms with Gasteiger partial charge in [-0.1, -0.05) is 19.1 Å². The third-order valence-corrected chi connectivity index (χ3v) is 4.78. The van der Waals surface area contributed by atoms with Crippen molar-refractivity contribution in [2.24, 2.45) is 5.73 Å². The number of hydrogen-bond donors (Lipinski definition) is 2. The van der Waals surface area contributed by atoms with Crippen LogP contribution in [-0.4, -0.2) is 18.8 Å². The Hall–Kier alpha value is -1.36. The number of methoxy groups -OCH3 is 1. The summed E-state index contributed by atoms with van der Waals surface area (Å²) >= 11 is 1.65. The van der Waals surface area contributed by atoms with Gasteiger partial charge in [0.2, 0.25) is 0 Å². The summed E-state index contributed by atoms with van der Waals surface area (Å²) in [6, 6.07) is 11.8. The normalized spacial score (nSPS) is 14.0. The Bertz CT molecular complexity index is 553. The van der Waals surface area contributed by atoms with Gasteiger partial charge in [0.25, 0.3) is 0 Å². The van der Waals surface area contributed by atoms with Crippen LogP contribution in [0.25, 0.3) is 0 Å². The van der Waals surface area contributed by atoms with Gasteiger partial charge < -0.3 is 15.6 Å². The van der Waals surface area contributed by atoms with Gasteiger partial charge in [-0.25, -0.2) is 0 Å². The van der Waals surface area contributed by atoms with Crippen LogP contribution in [0, 0.1) is 0 Å².